The van der Waals surface area contributed by atoms with E-state index in [1.54, 1.807) is 0 Å². The van der Waals surface area contributed by atoms with E-state index in [1.165, 1.54) is 60.5 Å². The van der Waals surface area contributed by atoms with Crippen molar-refractivity contribution in [1.29, 1.82) is 0 Å². The molecular formula is C25H20Cl2F3N3O5. The van der Waals surface area contributed by atoms with Gasteiger partial charge in [0.15, 0.2) is 5.60 Å². The number of aromatic carboxylic acids is 1. The van der Waals surface area contributed by atoms with Crippen molar-refractivity contribution in [2.45, 2.75) is 24.6 Å². The number of pyridine rings is 1. The first-order valence-corrected chi connectivity index (χ1v) is 11.7. The average Bonchev–Trinajstić information content (AvgIpc) is 3.05. The number of imidazole rings is 1. The minimum atomic E-state index is -5.11. The lowest BCUT2D eigenvalue weighted by molar-refractivity contribution is -0.274. The molecule has 2 aromatic carbocycles. The van der Waals surface area contributed by atoms with Crippen LogP contribution < -0.4 is 10.4 Å². The zero-order chi connectivity index (χ0) is 28.2. The van der Waals surface area contributed by atoms with Gasteiger partial charge in [-0.25, -0.2) is 14.6 Å². The predicted octanol–water partition coefficient (Wildman–Crippen LogP) is 5.62. The molecule has 4 aromatic rings. The van der Waals surface area contributed by atoms with Gasteiger partial charge in [-0.3, -0.25) is 9.13 Å². The monoisotopic (exact) mass is 569 g/mol. The van der Waals surface area contributed by atoms with Gasteiger partial charge in [-0.2, -0.15) is 13.2 Å². The second-order valence-corrected chi connectivity index (χ2v) is 9.50. The quantitative estimate of drug-likeness (QED) is 0.312. The largest absolute Gasteiger partial charge is 0.478 e. The number of aryl methyl sites for hydroxylation is 2. The van der Waals surface area contributed by atoms with Gasteiger partial charge in [-0.15, -0.1) is 0 Å². The molecule has 0 aliphatic carbocycles. The number of carboxylic acid groups (broad SMARTS) is 1. The Morgan fingerprint density at radius 1 is 1.03 bits per heavy atom. The van der Waals surface area contributed by atoms with Crippen LogP contribution in [-0.2, 0) is 19.7 Å². The van der Waals surface area contributed by atoms with Gasteiger partial charge in [0, 0.05) is 37.3 Å². The second kappa shape index (κ2) is 9.64. The van der Waals surface area contributed by atoms with Gasteiger partial charge in [-0.1, -0.05) is 42.3 Å². The van der Waals surface area contributed by atoms with Gasteiger partial charge in [0.25, 0.3) is 0 Å². The molecule has 0 saturated carbocycles. The number of hydrogen-bond acceptors (Lipinski definition) is 5. The smallest absolute Gasteiger partial charge is 0.422 e. The molecule has 0 spiro atoms. The Hall–Kier alpha value is -3.54. The summed E-state index contributed by atoms with van der Waals surface area (Å²) in [6, 6.07) is 8.65. The molecule has 38 heavy (non-hydrogen) atoms. The zero-order valence-electron chi connectivity index (χ0n) is 20.0. The lowest BCUT2D eigenvalue weighted by Gasteiger charge is -2.37. The second-order valence-electron chi connectivity index (χ2n) is 8.68. The highest BCUT2D eigenvalue weighted by Gasteiger charge is 2.59. The van der Waals surface area contributed by atoms with Crippen LogP contribution in [0.25, 0.3) is 11.0 Å². The van der Waals surface area contributed by atoms with Crippen LogP contribution in [0.4, 0.5) is 13.2 Å². The van der Waals surface area contributed by atoms with Crippen LogP contribution in [-0.4, -0.2) is 36.5 Å². The Balaban J connectivity index is 1.72. The maximum atomic E-state index is 14.5. The van der Waals surface area contributed by atoms with E-state index in [0.717, 1.165) is 18.3 Å². The SMILES string of the molecule is C[C@H](c1ccc(Oc2cc(Cl)c(C(=O)O)cn2)cc1Cl)[C@@](O)(c1ccc2c(c1)n(C)c(=O)n2C)C(F)(F)F. The maximum absolute atomic E-state index is 14.5. The molecule has 0 saturated heterocycles. The lowest BCUT2D eigenvalue weighted by Crippen LogP contribution is -2.46. The molecule has 0 bridgehead atoms. The Morgan fingerprint density at radius 2 is 1.68 bits per heavy atom. The molecule has 13 heteroatoms. The first-order valence-electron chi connectivity index (χ1n) is 11.0. The third-order valence-electron chi connectivity index (χ3n) is 6.49. The number of carbonyl (C=O) groups is 1. The van der Waals surface area contributed by atoms with E-state index in [9.17, 15) is 27.9 Å². The topological polar surface area (TPSA) is 107 Å². The first kappa shape index (κ1) is 27.5. The molecule has 0 amide bonds. The molecule has 2 heterocycles. The van der Waals surface area contributed by atoms with Crippen molar-refractivity contribution in [2.24, 2.45) is 14.1 Å². The predicted molar refractivity (Wildman–Crippen MR) is 134 cm³/mol. The summed E-state index contributed by atoms with van der Waals surface area (Å²) in [5.74, 6) is -2.83. The van der Waals surface area contributed by atoms with Crippen LogP contribution in [0.15, 0.2) is 53.5 Å². The van der Waals surface area contributed by atoms with E-state index in [4.69, 9.17) is 33.0 Å². The molecule has 0 aliphatic rings. The van der Waals surface area contributed by atoms with Crippen molar-refractivity contribution < 1.29 is 32.9 Å². The molecule has 8 nitrogen and oxygen atoms in total. The summed E-state index contributed by atoms with van der Waals surface area (Å²) < 4.78 is 51.5. The standard InChI is InChI=1S/C25H20Cl2F3N3O5/c1-12(15-6-5-14(9-17(15)26)38-21-10-18(27)16(11-31-21)22(34)35)24(37,25(28,29)30)13-4-7-19-20(8-13)33(3)23(36)32(19)2/h4-12,37H,1-3H3,(H,34,35)/t12-,24-/m1/s1. The summed E-state index contributed by atoms with van der Waals surface area (Å²) in [5, 5.41) is 20.0. The molecule has 2 atom stereocenters. The van der Waals surface area contributed by atoms with Crippen LogP contribution in [0.5, 0.6) is 11.6 Å². The van der Waals surface area contributed by atoms with Crippen molar-refractivity contribution in [3.8, 4) is 11.6 Å². The van der Waals surface area contributed by atoms with Gasteiger partial charge in [0.1, 0.15) is 5.75 Å². The highest BCUT2D eigenvalue weighted by atomic mass is 35.5. The molecule has 2 N–H and O–H groups in total. The number of aromatic nitrogens is 3. The lowest BCUT2D eigenvalue weighted by atomic mass is 9.77. The minimum absolute atomic E-state index is 0.0203. The van der Waals surface area contributed by atoms with Crippen LogP contribution in [0.2, 0.25) is 10.0 Å². The van der Waals surface area contributed by atoms with Crippen molar-refractivity contribution in [2.75, 3.05) is 0 Å². The highest BCUT2D eigenvalue weighted by molar-refractivity contribution is 6.33. The summed E-state index contributed by atoms with van der Waals surface area (Å²) in [6.45, 7) is 1.19. The Kier molecular flexibility index (Phi) is 6.98. The van der Waals surface area contributed by atoms with Crippen molar-refractivity contribution in [1.82, 2.24) is 14.1 Å². The summed E-state index contributed by atoms with van der Waals surface area (Å²) in [7, 11) is 2.92. The number of rotatable bonds is 6. The number of aliphatic hydroxyl groups is 1. The summed E-state index contributed by atoms with van der Waals surface area (Å²) in [5.41, 5.74) is -3.87. The van der Waals surface area contributed by atoms with Crippen LogP contribution in [0.3, 0.4) is 0 Å². The maximum Gasteiger partial charge on any atom is 0.422 e. The van der Waals surface area contributed by atoms with E-state index < -0.39 is 34.9 Å². The summed E-state index contributed by atoms with van der Waals surface area (Å²) in [4.78, 5) is 27.2. The molecule has 200 valence electrons. The molecule has 0 unspecified atom stereocenters. The molecule has 0 aliphatic heterocycles. The van der Waals surface area contributed by atoms with Crippen molar-refractivity contribution >= 4 is 40.2 Å². The Labute approximate surface area is 223 Å². The van der Waals surface area contributed by atoms with Crippen LogP contribution in [0, 0.1) is 0 Å². The molecule has 2 aromatic heterocycles. The van der Waals surface area contributed by atoms with Crippen LogP contribution in [0.1, 0.15) is 34.3 Å². The minimum Gasteiger partial charge on any atom is -0.478 e. The van der Waals surface area contributed by atoms with Crippen molar-refractivity contribution in [3.05, 3.63) is 85.9 Å². The number of hydrogen-bond donors (Lipinski definition) is 2. The molecule has 0 radical (unpaired) electrons. The van der Waals surface area contributed by atoms with Gasteiger partial charge in [0.05, 0.1) is 21.6 Å². The van der Waals surface area contributed by atoms with E-state index in [2.05, 4.69) is 4.98 Å². The fourth-order valence-electron chi connectivity index (χ4n) is 4.30. The average molecular weight is 570 g/mol. The fourth-order valence-corrected chi connectivity index (χ4v) is 4.85. The number of nitrogens with zero attached hydrogens (tertiary/aromatic N) is 3. The van der Waals surface area contributed by atoms with E-state index in [-0.39, 0.29) is 38.3 Å². The van der Waals surface area contributed by atoms with Gasteiger partial charge < -0.3 is 14.9 Å². The number of benzene rings is 2. The van der Waals surface area contributed by atoms with Gasteiger partial charge >= 0.3 is 17.8 Å². The highest BCUT2D eigenvalue weighted by Crippen LogP contribution is 2.50. The van der Waals surface area contributed by atoms with Gasteiger partial charge in [0.2, 0.25) is 5.88 Å². The van der Waals surface area contributed by atoms with E-state index in [0.29, 0.717) is 5.52 Å². The Morgan fingerprint density at radius 3 is 2.26 bits per heavy atom. The van der Waals surface area contributed by atoms with E-state index in [1.807, 2.05) is 0 Å². The number of fused-ring (bicyclic) bond motifs is 1. The number of ether oxygens (including phenoxy) is 1. The summed E-state index contributed by atoms with van der Waals surface area (Å²) in [6.07, 6.45) is -4.11. The number of carboxylic acids is 1. The molecule has 0 fully saturated rings. The molecule has 4 rings (SSSR count). The third-order valence-corrected chi connectivity index (χ3v) is 7.13. The van der Waals surface area contributed by atoms with Gasteiger partial charge in [-0.05, 0) is 35.4 Å². The van der Waals surface area contributed by atoms with Crippen molar-refractivity contribution in [3.63, 3.8) is 0 Å². The zero-order valence-corrected chi connectivity index (χ0v) is 21.6. The van der Waals surface area contributed by atoms with Crippen LogP contribution >= 0.6 is 23.2 Å². The van der Waals surface area contributed by atoms with E-state index >= 15 is 0 Å². The number of halogens is 5. The molecular weight excluding hydrogens is 550 g/mol. The third kappa shape index (κ3) is 4.50. The Bertz CT molecular complexity index is 1630. The normalized spacial score (nSPS) is 14.3. The summed E-state index contributed by atoms with van der Waals surface area (Å²) >= 11 is 12.3. The first-order chi connectivity index (χ1) is 17.7. The number of alkyl halides is 3. The fraction of sp³-hybridized carbons (Fsp3) is 0.240.